The van der Waals surface area contributed by atoms with E-state index in [-0.39, 0.29) is 0 Å². The Kier molecular flexibility index (Phi) is 4.55. The molecule has 0 saturated carbocycles. The Morgan fingerprint density at radius 2 is 2.00 bits per heavy atom. The molecule has 0 aromatic heterocycles. The average molecular weight is 273 g/mol. The minimum Gasteiger partial charge on any atom is -0.370 e. The summed E-state index contributed by atoms with van der Waals surface area (Å²) in [5.74, 6) is 0. The minimum atomic E-state index is 0.551. The predicted octanol–water partition coefficient (Wildman–Crippen LogP) is 3.57. The largest absolute Gasteiger partial charge is 0.370 e. The summed E-state index contributed by atoms with van der Waals surface area (Å²) >= 11 is 12.1. The van der Waals surface area contributed by atoms with Gasteiger partial charge in [-0.05, 0) is 37.6 Å². The second-order valence-corrected chi connectivity index (χ2v) is 5.36. The van der Waals surface area contributed by atoms with Gasteiger partial charge in [0.15, 0.2) is 0 Å². The normalized spacial score (nSPS) is 21.4. The number of nitrogens with zero attached hydrogens (tertiary/aromatic N) is 1. The molecule has 0 radical (unpaired) electrons. The third kappa shape index (κ3) is 3.51. The summed E-state index contributed by atoms with van der Waals surface area (Å²) in [5, 5.41) is 4.97. The molecule has 2 nitrogen and oxygen atoms in total. The third-order valence-corrected chi connectivity index (χ3v) is 3.62. The molecule has 4 heteroatoms. The Labute approximate surface area is 113 Å². The van der Waals surface area contributed by atoms with E-state index < -0.39 is 0 Å². The van der Waals surface area contributed by atoms with Crippen molar-refractivity contribution in [3.63, 3.8) is 0 Å². The lowest BCUT2D eigenvalue weighted by atomic mass is 10.2. The zero-order chi connectivity index (χ0) is 12.3. The van der Waals surface area contributed by atoms with E-state index in [0.29, 0.717) is 16.1 Å². The molecule has 1 aromatic rings. The van der Waals surface area contributed by atoms with Crippen LogP contribution >= 0.6 is 23.2 Å². The van der Waals surface area contributed by atoms with E-state index in [2.05, 4.69) is 17.1 Å². The number of halogens is 2. The van der Waals surface area contributed by atoms with Crippen LogP contribution in [0.2, 0.25) is 10.0 Å². The number of rotatable bonds is 2. The number of benzene rings is 1. The molecule has 1 atom stereocenters. The number of anilines is 1. The second kappa shape index (κ2) is 5.94. The van der Waals surface area contributed by atoms with Crippen molar-refractivity contribution in [1.82, 2.24) is 5.32 Å². The Balaban J connectivity index is 2.18. The molecule has 1 heterocycles. The maximum atomic E-state index is 6.05. The molecule has 17 heavy (non-hydrogen) atoms. The van der Waals surface area contributed by atoms with E-state index in [1.807, 2.05) is 12.1 Å². The van der Waals surface area contributed by atoms with E-state index in [9.17, 15) is 0 Å². The van der Waals surface area contributed by atoms with Gasteiger partial charge in [0.05, 0.1) is 0 Å². The molecule has 0 amide bonds. The summed E-state index contributed by atoms with van der Waals surface area (Å²) in [7, 11) is 0. The van der Waals surface area contributed by atoms with Crippen molar-refractivity contribution < 1.29 is 0 Å². The van der Waals surface area contributed by atoms with Crippen LogP contribution < -0.4 is 10.2 Å². The van der Waals surface area contributed by atoms with Crippen molar-refractivity contribution in [2.75, 3.05) is 24.5 Å². The van der Waals surface area contributed by atoms with Crippen molar-refractivity contribution in [2.45, 2.75) is 25.8 Å². The lowest BCUT2D eigenvalue weighted by Gasteiger charge is -2.26. The fourth-order valence-electron chi connectivity index (χ4n) is 2.23. The predicted molar refractivity (Wildman–Crippen MR) is 75.4 cm³/mol. The molecule has 1 N–H and O–H groups in total. The van der Waals surface area contributed by atoms with Crippen molar-refractivity contribution >= 4 is 28.9 Å². The Bertz CT molecular complexity index is 361. The van der Waals surface area contributed by atoms with E-state index in [1.54, 1.807) is 6.07 Å². The topological polar surface area (TPSA) is 15.3 Å². The molecular formula is C13H18Cl2N2. The molecule has 1 unspecified atom stereocenters. The van der Waals surface area contributed by atoms with Crippen LogP contribution in [0.1, 0.15) is 19.8 Å². The summed E-state index contributed by atoms with van der Waals surface area (Å²) < 4.78 is 0. The van der Waals surface area contributed by atoms with Crippen LogP contribution in [0, 0.1) is 0 Å². The fourth-order valence-corrected chi connectivity index (χ4v) is 2.74. The first kappa shape index (κ1) is 13.0. The first-order valence-electron chi connectivity index (χ1n) is 6.13. The van der Waals surface area contributed by atoms with E-state index in [1.165, 1.54) is 0 Å². The molecule has 94 valence electrons. The van der Waals surface area contributed by atoms with Crippen molar-refractivity contribution in [3.8, 4) is 0 Å². The van der Waals surface area contributed by atoms with E-state index >= 15 is 0 Å². The molecule has 1 aliphatic rings. The SMILES string of the molecule is CCC1CN(c2cc(Cl)cc(Cl)c2)CCCN1. The summed E-state index contributed by atoms with van der Waals surface area (Å²) in [6.07, 6.45) is 2.30. The monoisotopic (exact) mass is 272 g/mol. The van der Waals surface area contributed by atoms with Gasteiger partial charge in [0, 0.05) is 34.9 Å². The Morgan fingerprint density at radius 3 is 2.65 bits per heavy atom. The van der Waals surface area contributed by atoms with Crippen LogP contribution in [0.4, 0.5) is 5.69 Å². The Morgan fingerprint density at radius 1 is 1.29 bits per heavy atom. The molecule has 0 aliphatic carbocycles. The number of hydrogen-bond donors (Lipinski definition) is 1. The molecule has 1 aliphatic heterocycles. The summed E-state index contributed by atoms with van der Waals surface area (Å²) in [6.45, 7) is 5.38. The van der Waals surface area contributed by atoms with E-state index in [4.69, 9.17) is 23.2 Å². The molecule has 0 bridgehead atoms. The van der Waals surface area contributed by atoms with Crippen molar-refractivity contribution in [3.05, 3.63) is 28.2 Å². The van der Waals surface area contributed by atoms with Crippen LogP contribution in [0.3, 0.4) is 0 Å². The van der Waals surface area contributed by atoms with Gasteiger partial charge >= 0.3 is 0 Å². The highest BCUT2D eigenvalue weighted by Crippen LogP contribution is 2.26. The zero-order valence-electron chi connectivity index (χ0n) is 10.0. The third-order valence-electron chi connectivity index (χ3n) is 3.18. The molecular weight excluding hydrogens is 255 g/mol. The summed E-state index contributed by atoms with van der Waals surface area (Å²) in [5.41, 5.74) is 1.13. The van der Waals surface area contributed by atoms with Gasteiger partial charge in [-0.15, -0.1) is 0 Å². The minimum absolute atomic E-state index is 0.551. The van der Waals surface area contributed by atoms with Gasteiger partial charge in [0.1, 0.15) is 0 Å². The number of nitrogens with one attached hydrogen (secondary N) is 1. The summed E-state index contributed by atoms with van der Waals surface area (Å²) in [6, 6.07) is 6.31. The van der Waals surface area contributed by atoms with Crippen LogP contribution in [0.25, 0.3) is 0 Å². The quantitative estimate of drug-likeness (QED) is 0.886. The van der Waals surface area contributed by atoms with E-state index in [0.717, 1.165) is 38.2 Å². The maximum absolute atomic E-state index is 6.05. The molecule has 0 spiro atoms. The van der Waals surface area contributed by atoms with Crippen molar-refractivity contribution in [1.29, 1.82) is 0 Å². The lowest BCUT2D eigenvalue weighted by Crippen LogP contribution is -2.37. The first-order chi connectivity index (χ1) is 8.19. The maximum Gasteiger partial charge on any atom is 0.0441 e. The molecule has 1 fully saturated rings. The molecule has 2 rings (SSSR count). The van der Waals surface area contributed by atoms with Gasteiger partial charge < -0.3 is 10.2 Å². The highest BCUT2D eigenvalue weighted by Gasteiger charge is 2.17. The lowest BCUT2D eigenvalue weighted by molar-refractivity contribution is 0.528. The van der Waals surface area contributed by atoms with Gasteiger partial charge in [0.25, 0.3) is 0 Å². The molecule has 1 aromatic carbocycles. The van der Waals surface area contributed by atoms with Crippen LogP contribution in [0.5, 0.6) is 0 Å². The smallest absolute Gasteiger partial charge is 0.0441 e. The Hall–Kier alpha value is -0.440. The summed E-state index contributed by atoms with van der Waals surface area (Å²) in [4.78, 5) is 2.37. The van der Waals surface area contributed by atoms with Gasteiger partial charge in [-0.2, -0.15) is 0 Å². The van der Waals surface area contributed by atoms with Gasteiger partial charge in [0.2, 0.25) is 0 Å². The second-order valence-electron chi connectivity index (χ2n) is 4.49. The highest BCUT2D eigenvalue weighted by molar-refractivity contribution is 6.35. The number of hydrogen-bond acceptors (Lipinski definition) is 2. The fraction of sp³-hybridized carbons (Fsp3) is 0.538. The van der Waals surface area contributed by atoms with Gasteiger partial charge in [-0.3, -0.25) is 0 Å². The van der Waals surface area contributed by atoms with Crippen LogP contribution in [-0.4, -0.2) is 25.7 Å². The van der Waals surface area contributed by atoms with Crippen LogP contribution in [-0.2, 0) is 0 Å². The standard InChI is InChI=1S/C13H18Cl2N2/c1-2-12-9-17(5-3-4-16-12)13-7-10(14)6-11(15)8-13/h6-8,12,16H,2-5,9H2,1H3. The van der Waals surface area contributed by atoms with Gasteiger partial charge in [-0.1, -0.05) is 30.1 Å². The van der Waals surface area contributed by atoms with Crippen LogP contribution in [0.15, 0.2) is 18.2 Å². The first-order valence-corrected chi connectivity index (χ1v) is 6.89. The zero-order valence-corrected chi connectivity index (χ0v) is 11.6. The van der Waals surface area contributed by atoms with Gasteiger partial charge in [-0.25, -0.2) is 0 Å². The molecule has 1 saturated heterocycles. The average Bonchev–Trinajstić information content (AvgIpc) is 2.52. The highest BCUT2D eigenvalue weighted by atomic mass is 35.5. The van der Waals surface area contributed by atoms with Crippen molar-refractivity contribution in [2.24, 2.45) is 0 Å².